The number of carbonyl (C=O) groups is 1. The fraction of sp³-hybridized carbons (Fsp3) is 0.435. The van der Waals surface area contributed by atoms with Crippen molar-refractivity contribution in [2.45, 2.75) is 45.1 Å². The van der Waals surface area contributed by atoms with E-state index in [2.05, 4.69) is 36.9 Å². The Morgan fingerprint density at radius 3 is 2.33 bits per heavy atom. The van der Waals surface area contributed by atoms with Gasteiger partial charge in [-0.2, -0.15) is 4.31 Å². The van der Waals surface area contributed by atoms with Crippen molar-refractivity contribution in [3.63, 3.8) is 0 Å². The second-order valence-corrected chi connectivity index (χ2v) is 10.4. The number of fused-ring (bicyclic) bond motifs is 1. The second-order valence-electron chi connectivity index (χ2n) is 8.41. The average Bonchev–Trinajstić information content (AvgIpc) is 3.05. The van der Waals surface area contributed by atoms with Crippen molar-refractivity contribution in [2.24, 2.45) is 0 Å². The molecule has 0 spiro atoms. The predicted octanol–water partition coefficient (Wildman–Crippen LogP) is 3.11. The molecule has 1 fully saturated rings. The van der Waals surface area contributed by atoms with E-state index in [0.717, 1.165) is 11.3 Å². The molecule has 0 saturated carbocycles. The highest BCUT2D eigenvalue weighted by Crippen LogP contribution is 2.35. The van der Waals surface area contributed by atoms with Gasteiger partial charge in [0.1, 0.15) is 0 Å². The standard InChI is InChI=1S/C23H29N3O3S/c1-16-5-6-17(2)23(13-16)24-9-11-25(12-10-24)30(28,29)21-7-8-22-20(15-21)14-18(3)26(22)19(4)27/h5-8,13,15,18H,9-12,14H2,1-4H3/t18-/m0/s1. The molecule has 0 bridgehead atoms. The molecule has 2 aliphatic rings. The van der Waals surface area contributed by atoms with Gasteiger partial charge in [-0.25, -0.2) is 8.42 Å². The first kappa shape index (κ1) is 20.9. The van der Waals surface area contributed by atoms with Gasteiger partial charge >= 0.3 is 0 Å². The lowest BCUT2D eigenvalue weighted by Gasteiger charge is -2.36. The summed E-state index contributed by atoms with van der Waals surface area (Å²) in [7, 11) is -3.56. The maximum atomic E-state index is 13.3. The molecule has 160 valence electrons. The summed E-state index contributed by atoms with van der Waals surface area (Å²) < 4.78 is 28.1. The number of sulfonamides is 1. The van der Waals surface area contributed by atoms with Gasteiger partial charge in [0.2, 0.25) is 15.9 Å². The zero-order chi connectivity index (χ0) is 21.6. The van der Waals surface area contributed by atoms with Crippen molar-refractivity contribution >= 4 is 27.3 Å². The van der Waals surface area contributed by atoms with Gasteiger partial charge in [-0.1, -0.05) is 12.1 Å². The third kappa shape index (κ3) is 3.61. The zero-order valence-corrected chi connectivity index (χ0v) is 18.9. The fourth-order valence-electron chi connectivity index (χ4n) is 4.63. The Balaban J connectivity index is 1.53. The van der Waals surface area contributed by atoms with Crippen LogP contribution in [0.1, 0.15) is 30.5 Å². The molecule has 0 radical (unpaired) electrons. The van der Waals surface area contributed by atoms with Gasteiger partial charge in [-0.3, -0.25) is 4.79 Å². The van der Waals surface area contributed by atoms with E-state index in [4.69, 9.17) is 0 Å². The molecule has 2 aliphatic heterocycles. The van der Waals surface area contributed by atoms with Crippen LogP contribution in [0.15, 0.2) is 41.3 Å². The minimum atomic E-state index is -3.56. The van der Waals surface area contributed by atoms with Gasteiger partial charge < -0.3 is 9.80 Å². The molecular weight excluding hydrogens is 398 g/mol. The lowest BCUT2D eigenvalue weighted by atomic mass is 10.1. The molecule has 2 aromatic rings. The third-order valence-corrected chi connectivity index (χ3v) is 8.08. The molecule has 7 heteroatoms. The smallest absolute Gasteiger partial charge is 0.243 e. The van der Waals surface area contributed by atoms with Crippen LogP contribution in [0.5, 0.6) is 0 Å². The van der Waals surface area contributed by atoms with E-state index in [9.17, 15) is 13.2 Å². The molecule has 0 aromatic heterocycles. The van der Waals surface area contributed by atoms with Crippen molar-refractivity contribution < 1.29 is 13.2 Å². The van der Waals surface area contributed by atoms with Crippen LogP contribution < -0.4 is 9.80 Å². The number of hydrogen-bond acceptors (Lipinski definition) is 4. The van der Waals surface area contributed by atoms with Gasteiger partial charge in [0.05, 0.1) is 4.90 Å². The summed E-state index contributed by atoms with van der Waals surface area (Å²) >= 11 is 0. The molecular formula is C23H29N3O3S. The van der Waals surface area contributed by atoms with Crippen LogP contribution in [0.4, 0.5) is 11.4 Å². The first-order valence-corrected chi connectivity index (χ1v) is 11.9. The molecule has 4 rings (SSSR count). The summed E-state index contributed by atoms with van der Waals surface area (Å²) in [6.45, 7) is 9.96. The van der Waals surface area contributed by atoms with Gasteiger partial charge in [0.15, 0.2) is 0 Å². The topological polar surface area (TPSA) is 60.9 Å². The van der Waals surface area contributed by atoms with Crippen molar-refractivity contribution in [3.8, 4) is 0 Å². The van der Waals surface area contributed by atoms with Gasteiger partial charge in [0, 0.05) is 50.5 Å². The summed E-state index contributed by atoms with van der Waals surface area (Å²) in [6, 6.07) is 11.6. The first-order chi connectivity index (χ1) is 14.2. The highest BCUT2D eigenvalue weighted by molar-refractivity contribution is 7.89. The predicted molar refractivity (Wildman–Crippen MR) is 120 cm³/mol. The number of nitrogens with zero attached hydrogens (tertiary/aromatic N) is 3. The fourth-order valence-corrected chi connectivity index (χ4v) is 6.10. The Morgan fingerprint density at radius 1 is 0.967 bits per heavy atom. The van der Waals surface area contributed by atoms with Crippen LogP contribution in [0.3, 0.4) is 0 Å². The molecule has 0 N–H and O–H groups in total. The Kier molecular flexibility index (Phi) is 5.36. The molecule has 2 heterocycles. The van der Waals surface area contributed by atoms with Crippen molar-refractivity contribution in [1.29, 1.82) is 0 Å². The minimum Gasteiger partial charge on any atom is -0.369 e. The summed E-state index contributed by atoms with van der Waals surface area (Å²) in [5.41, 5.74) is 5.35. The largest absolute Gasteiger partial charge is 0.369 e. The molecule has 2 aromatic carbocycles. The van der Waals surface area contributed by atoms with Gasteiger partial charge in [-0.15, -0.1) is 0 Å². The number of amides is 1. The molecule has 1 atom stereocenters. The summed E-state index contributed by atoms with van der Waals surface area (Å²) in [4.78, 5) is 16.3. The van der Waals surface area contributed by atoms with Crippen LogP contribution in [-0.4, -0.2) is 50.9 Å². The normalized spacial score (nSPS) is 19.8. The van der Waals surface area contributed by atoms with Crippen LogP contribution in [-0.2, 0) is 21.2 Å². The molecule has 30 heavy (non-hydrogen) atoms. The number of benzene rings is 2. The van der Waals surface area contributed by atoms with Crippen LogP contribution in [0.25, 0.3) is 0 Å². The Morgan fingerprint density at radius 2 is 1.67 bits per heavy atom. The number of anilines is 2. The van der Waals surface area contributed by atoms with Crippen LogP contribution >= 0.6 is 0 Å². The number of rotatable bonds is 3. The second kappa shape index (κ2) is 7.71. The number of carbonyl (C=O) groups excluding carboxylic acids is 1. The quantitative estimate of drug-likeness (QED) is 0.755. The molecule has 0 unspecified atom stereocenters. The summed E-state index contributed by atoms with van der Waals surface area (Å²) in [5, 5.41) is 0. The third-order valence-electron chi connectivity index (χ3n) is 6.19. The lowest BCUT2D eigenvalue weighted by Crippen LogP contribution is -2.48. The first-order valence-electron chi connectivity index (χ1n) is 10.4. The highest BCUT2D eigenvalue weighted by Gasteiger charge is 2.33. The van der Waals surface area contributed by atoms with Gasteiger partial charge in [-0.05, 0) is 68.1 Å². The lowest BCUT2D eigenvalue weighted by molar-refractivity contribution is -0.116. The Labute approximate surface area is 179 Å². The zero-order valence-electron chi connectivity index (χ0n) is 18.1. The average molecular weight is 428 g/mol. The van der Waals surface area contributed by atoms with Crippen molar-refractivity contribution in [2.75, 3.05) is 36.0 Å². The number of hydrogen-bond donors (Lipinski definition) is 0. The molecule has 1 amide bonds. The van der Waals surface area contributed by atoms with E-state index in [1.807, 2.05) is 6.92 Å². The highest BCUT2D eigenvalue weighted by atomic mass is 32.2. The van der Waals surface area contributed by atoms with E-state index in [1.54, 1.807) is 34.3 Å². The van der Waals surface area contributed by atoms with E-state index in [1.165, 1.54) is 16.8 Å². The number of piperazine rings is 1. The van der Waals surface area contributed by atoms with E-state index in [0.29, 0.717) is 37.5 Å². The molecule has 6 nitrogen and oxygen atoms in total. The maximum absolute atomic E-state index is 13.3. The van der Waals surface area contributed by atoms with Crippen LogP contribution in [0.2, 0.25) is 0 Å². The summed E-state index contributed by atoms with van der Waals surface area (Å²) in [6.07, 6.45) is 0.679. The monoisotopic (exact) mass is 427 g/mol. The summed E-state index contributed by atoms with van der Waals surface area (Å²) in [5.74, 6) is -0.0144. The van der Waals surface area contributed by atoms with Gasteiger partial charge in [0.25, 0.3) is 0 Å². The van der Waals surface area contributed by atoms with Crippen LogP contribution in [0, 0.1) is 13.8 Å². The van der Waals surface area contributed by atoms with Crippen molar-refractivity contribution in [3.05, 3.63) is 53.1 Å². The van der Waals surface area contributed by atoms with E-state index < -0.39 is 10.0 Å². The maximum Gasteiger partial charge on any atom is 0.243 e. The Hall–Kier alpha value is -2.38. The SMILES string of the molecule is CC(=O)N1c2ccc(S(=O)(=O)N3CCN(c4cc(C)ccc4C)CC3)cc2C[C@@H]1C. The molecule has 0 aliphatic carbocycles. The molecule has 1 saturated heterocycles. The van der Waals surface area contributed by atoms with E-state index in [-0.39, 0.29) is 11.9 Å². The minimum absolute atomic E-state index is 0.0144. The van der Waals surface area contributed by atoms with E-state index >= 15 is 0 Å². The Bertz CT molecular complexity index is 1090. The number of aryl methyl sites for hydroxylation is 2. The van der Waals surface area contributed by atoms with Crippen molar-refractivity contribution in [1.82, 2.24) is 4.31 Å².